The highest BCUT2D eigenvalue weighted by molar-refractivity contribution is 5.32. The second kappa shape index (κ2) is 5.25. The maximum atomic E-state index is 10.5. The van der Waals surface area contributed by atoms with Gasteiger partial charge in [0.2, 0.25) is 0 Å². The number of hydrogen-bond acceptors (Lipinski definition) is 4. The van der Waals surface area contributed by atoms with E-state index in [0.717, 1.165) is 24.9 Å². The Bertz CT molecular complexity index is 385. The summed E-state index contributed by atoms with van der Waals surface area (Å²) in [6.45, 7) is 1.61. The molecule has 0 radical (unpaired) electrons. The zero-order valence-corrected chi connectivity index (χ0v) is 9.50. The average Bonchev–Trinajstić information content (AvgIpc) is 2.27. The molecule has 1 fully saturated rings. The molecule has 0 aliphatic heterocycles. The van der Waals surface area contributed by atoms with Crippen LogP contribution in [0.2, 0.25) is 0 Å². The van der Waals surface area contributed by atoms with Gasteiger partial charge in [-0.1, -0.05) is 12.1 Å². The minimum atomic E-state index is -0.396. The third kappa shape index (κ3) is 3.25. The molecule has 0 saturated heterocycles. The Hall–Kier alpha value is -1.46. The molecule has 1 aromatic carbocycles. The van der Waals surface area contributed by atoms with Gasteiger partial charge in [0.15, 0.2) is 0 Å². The van der Waals surface area contributed by atoms with E-state index in [1.807, 2.05) is 0 Å². The zero-order valence-electron chi connectivity index (χ0n) is 9.50. The van der Waals surface area contributed by atoms with Crippen LogP contribution in [-0.2, 0) is 6.54 Å². The molecule has 0 bridgehead atoms. The number of nitro groups is 1. The van der Waals surface area contributed by atoms with Crippen molar-refractivity contribution in [1.82, 2.24) is 5.32 Å². The van der Waals surface area contributed by atoms with Crippen LogP contribution in [0.25, 0.3) is 0 Å². The van der Waals surface area contributed by atoms with Crippen LogP contribution in [0.3, 0.4) is 0 Å². The highest BCUT2D eigenvalue weighted by Crippen LogP contribution is 2.26. The summed E-state index contributed by atoms with van der Waals surface area (Å²) in [7, 11) is 0. The standard InChI is InChI=1S/C12H16N2O3/c15-12-5-10(6-12)8-13-7-9-1-3-11(4-2-9)14(16)17/h1-4,10,12-13,15H,5-8H2. The fraction of sp³-hybridized carbons (Fsp3) is 0.500. The number of nitrogens with one attached hydrogen (secondary N) is 1. The first-order valence-corrected chi connectivity index (χ1v) is 5.77. The normalized spacial score (nSPS) is 23.1. The summed E-state index contributed by atoms with van der Waals surface area (Å²) in [5.74, 6) is 0.572. The Morgan fingerprint density at radius 3 is 2.53 bits per heavy atom. The smallest absolute Gasteiger partial charge is 0.269 e. The molecule has 0 unspecified atom stereocenters. The van der Waals surface area contributed by atoms with E-state index in [4.69, 9.17) is 5.11 Å². The van der Waals surface area contributed by atoms with Crippen molar-refractivity contribution < 1.29 is 10.0 Å². The number of aliphatic hydroxyl groups excluding tert-OH is 1. The quantitative estimate of drug-likeness (QED) is 0.599. The summed E-state index contributed by atoms with van der Waals surface area (Å²) < 4.78 is 0. The second-order valence-corrected chi connectivity index (χ2v) is 4.55. The largest absolute Gasteiger partial charge is 0.393 e. The van der Waals surface area contributed by atoms with Gasteiger partial charge in [-0.2, -0.15) is 0 Å². The first kappa shape index (κ1) is 12.0. The van der Waals surface area contributed by atoms with Crippen molar-refractivity contribution in [3.8, 4) is 0 Å². The number of nitrogens with zero attached hydrogens (tertiary/aromatic N) is 1. The van der Waals surface area contributed by atoms with Crippen molar-refractivity contribution in [3.05, 3.63) is 39.9 Å². The number of non-ortho nitro benzene ring substituents is 1. The van der Waals surface area contributed by atoms with Crippen molar-refractivity contribution in [3.63, 3.8) is 0 Å². The van der Waals surface area contributed by atoms with E-state index in [1.165, 1.54) is 12.1 Å². The first-order valence-electron chi connectivity index (χ1n) is 5.77. The fourth-order valence-electron chi connectivity index (χ4n) is 2.02. The molecular weight excluding hydrogens is 220 g/mol. The van der Waals surface area contributed by atoms with E-state index in [9.17, 15) is 10.1 Å². The van der Waals surface area contributed by atoms with Gasteiger partial charge in [0.05, 0.1) is 11.0 Å². The Morgan fingerprint density at radius 2 is 2.00 bits per heavy atom. The maximum Gasteiger partial charge on any atom is 0.269 e. The molecule has 0 atom stereocenters. The van der Waals surface area contributed by atoms with Crippen LogP contribution >= 0.6 is 0 Å². The van der Waals surface area contributed by atoms with Crippen LogP contribution in [0.5, 0.6) is 0 Å². The summed E-state index contributed by atoms with van der Waals surface area (Å²) in [5.41, 5.74) is 1.16. The second-order valence-electron chi connectivity index (χ2n) is 4.55. The molecule has 2 rings (SSSR count). The molecule has 5 heteroatoms. The molecule has 1 aromatic rings. The van der Waals surface area contributed by atoms with Crippen LogP contribution in [0.1, 0.15) is 18.4 Å². The van der Waals surface area contributed by atoms with Crippen LogP contribution in [0.4, 0.5) is 5.69 Å². The van der Waals surface area contributed by atoms with Gasteiger partial charge in [0.1, 0.15) is 0 Å². The van der Waals surface area contributed by atoms with Gasteiger partial charge in [-0.15, -0.1) is 0 Å². The minimum absolute atomic E-state index is 0.110. The van der Waals surface area contributed by atoms with Crippen LogP contribution in [0.15, 0.2) is 24.3 Å². The van der Waals surface area contributed by atoms with E-state index in [1.54, 1.807) is 12.1 Å². The summed E-state index contributed by atoms with van der Waals surface area (Å²) >= 11 is 0. The van der Waals surface area contributed by atoms with Gasteiger partial charge in [0, 0.05) is 18.7 Å². The molecule has 0 spiro atoms. The number of rotatable bonds is 5. The van der Waals surface area contributed by atoms with E-state index in [2.05, 4.69) is 5.32 Å². The molecule has 1 aliphatic rings. The van der Waals surface area contributed by atoms with Gasteiger partial charge in [-0.05, 0) is 30.9 Å². The molecule has 5 nitrogen and oxygen atoms in total. The predicted octanol–water partition coefficient (Wildman–Crippen LogP) is 1.46. The van der Waals surface area contributed by atoms with Crippen molar-refractivity contribution >= 4 is 5.69 Å². The molecule has 0 amide bonds. The summed E-state index contributed by atoms with van der Waals surface area (Å²) in [5, 5.41) is 22.9. The van der Waals surface area contributed by atoms with Crippen LogP contribution in [0, 0.1) is 16.0 Å². The van der Waals surface area contributed by atoms with Crippen molar-refractivity contribution in [1.29, 1.82) is 0 Å². The molecule has 17 heavy (non-hydrogen) atoms. The third-order valence-corrected chi connectivity index (χ3v) is 3.12. The van der Waals surface area contributed by atoms with Crippen molar-refractivity contribution in [2.45, 2.75) is 25.5 Å². The molecule has 1 saturated carbocycles. The van der Waals surface area contributed by atoms with Crippen LogP contribution < -0.4 is 5.32 Å². The summed E-state index contributed by atoms with van der Waals surface area (Å²) in [6, 6.07) is 6.57. The number of aliphatic hydroxyl groups is 1. The first-order chi connectivity index (χ1) is 8.15. The predicted molar refractivity (Wildman–Crippen MR) is 63.5 cm³/mol. The van der Waals surface area contributed by atoms with Crippen LogP contribution in [-0.4, -0.2) is 22.7 Å². The molecule has 0 heterocycles. The Labute approximate surface area is 99.6 Å². The Kier molecular flexibility index (Phi) is 3.71. The lowest BCUT2D eigenvalue weighted by Crippen LogP contribution is -2.35. The lowest BCUT2D eigenvalue weighted by molar-refractivity contribution is -0.384. The lowest BCUT2D eigenvalue weighted by atomic mass is 9.82. The average molecular weight is 236 g/mol. The number of nitro benzene ring substituents is 1. The van der Waals surface area contributed by atoms with E-state index in [0.29, 0.717) is 12.5 Å². The SMILES string of the molecule is O=[N+]([O-])c1ccc(CNCC2CC(O)C2)cc1. The van der Waals surface area contributed by atoms with Gasteiger partial charge in [0.25, 0.3) is 5.69 Å². The summed E-state index contributed by atoms with van der Waals surface area (Å²) in [4.78, 5) is 10.1. The molecule has 1 aliphatic carbocycles. The third-order valence-electron chi connectivity index (χ3n) is 3.12. The van der Waals surface area contributed by atoms with Gasteiger partial charge >= 0.3 is 0 Å². The van der Waals surface area contributed by atoms with Gasteiger partial charge < -0.3 is 10.4 Å². The van der Waals surface area contributed by atoms with E-state index < -0.39 is 4.92 Å². The van der Waals surface area contributed by atoms with E-state index >= 15 is 0 Å². The number of benzene rings is 1. The highest BCUT2D eigenvalue weighted by Gasteiger charge is 2.26. The maximum absolute atomic E-state index is 10.5. The van der Waals surface area contributed by atoms with Crippen molar-refractivity contribution in [2.75, 3.05) is 6.54 Å². The van der Waals surface area contributed by atoms with Gasteiger partial charge in [-0.3, -0.25) is 10.1 Å². The highest BCUT2D eigenvalue weighted by atomic mass is 16.6. The topological polar surface area (TPSA) is 75.4 Å². The molecule has 92 valence electrons. The van der Waals surface area contributed by atoms with Crippen molar-refractivity contribution in [2.24, 2.45) is 5.92 Å². The lowest BCUT2D eigenvalue weighted by Gasteiger charge is -2.31. The fourth-order valence-corrected chi connectivity index (χ4v) is 2.02. The monoisotopic (exact) mass is 236 g/mol. The molecule has 0 aromatic heterocycles. The molecular formula is C12H16N2O3. The minimum Gasteiger partial charge on any atom is -0.393 e. The number of hydrogen-bond donors (Lipinski definition) is 2. The Morgan fingerprint density at radius 1 is 1.35 bits per heavy atom. The summed E-state index contributed by atoms with van der Waals surface area (Å²) in [6.07, 6.45) is 1.65. The Balaban J connectivity index is 1.73. The van der Waals surface area contributed by atoms with Gasteiger partial charge in [-0.25, -0.2) is 0 Å². The van der Waals surface area contributed by atoms with E-state index in [-0.39, 0.29) is 11.8 Å². The zero-order chi connectivity index (χ0) is 12.3. The molecule has 2 N–H and O–H groups in total.